The van der Waals surface area contributed by atoms with Gasteiger partial charge in [-0.2, -0.15) is 0 Å². The Morgan fingerprint density at radius 3 is 2.38 bits per heavy atom. The van der Waals surface area contributed by atoms with Crippen LogP contribution < -0.4 is 14.4 Å². The predicted octanol–water partition coefficient (Wildman–Crippen LogP) is 3.67. The number of nitrogens with zero attached hydrogens (tertiary/aromatic N) is 1. The normalized spacial score (nSPS) is 11.0. The van der Waals surface area contributed by atoms with E-state index < -0.39 is 28.3 Å². The first-order valence-corrected chi connectivity index (χ1v) is 10.1. The fourth-order valence-electron chi connectivity index (χ4n) is 2.68. The highest BCUT2D eigenvalue weighted by atomic mass is 32.2. The number of carbonyl (C=O) groups is 1. The van der Waals surface area contributed by atoms with Crippen LogP contribution in [0.3, 0.4) is 0 Å². The molecule has 6 nitrogen and oxygen atoms in total. The summed E-state index contributed by atoms with van der Waals surface area (Å²) in [5.74, 6) is -0.859. The number of halogens is 1. The Morgan fingerprint density at radius 1 is 1.00 bits per heavy atom. The molecule has 1 N–H and O–H groups in total. The average molecular weight is 414 g/mol. The second-order valence-corrected chi connectivity index (χ2v) is 7.92. The number of ether oxygens (including phenoxy) is 1. The molecule has 0 aliphatic carbocycles. The summed E-state index contributed by atoms with van der Waals surface area (Å²) in [6.07, 6.45) is 0. The number of anilines is 2. The van der Waals surface area contributed by atoms with Crippen LogP contribution in [0.1, 0.15) is 0 Å². The molecule has 0 radical (unpaired) electrons. The van der Waals surface area contributed by atoms with E-state index in [-0.39, 0.29) is 16.3 Å². The van der Waals surface area contributed by atoms with Gasteiger partial charge in [-0.1, -0.05) is 36.4 Å². The van der Waals surface area contributed by atoms with E-state index in [0.717, 1.165) is 4.31 Å². The molecule has 3 aromatic rings. The molecule has 0 saturated carbocycles. The molecule has 0 aromatic heterocycles. The van der Waals surface area contributed by atoms with Gasteiger partial charge in [0.2, 0.25) is 5.91 Å². The van der Waals surface area contributed by atoms with E-state index in [9.17, 15) is 17.6 Å². The molecular formula is C21H19FN2O4S. The van der Waals surface area contributed by atoms with Gasteiger partial charge in [-0.05, 0) is 36.4 Å². The highest BCUT2D eigenvalue weighted by Crippen LogP contribution is 2.27. The fourth-order valence-corrected chi connectivity index (χ4v) is 4.12. The fraction of sp³-hybridized carbons (Fsp3) is 0.0952. The Labute approximate surface area is 168 Å². The van der Waals surface area contributed by atoms with Crippen LogP contribution in [-0.2, 0) is 14.8 Å². The van der Waals surface area contributed by atoms with Crippen molar-refractivity contribution in [1.29, 1.82) is 0 Å². The third-order valence-electron chi connectivity index (χ3n) is 4.11. The van der Waals surface area contributed by atoms with Crippen LogP contribution >= 0.6 is 0 Å². The maximum Gasteiger partial charge on any atom is 0.264 e. The topological polar surface area (TPSA) is 75.7 Å². The Balaban J connectivity index is 1.97. The molecule has 29 heavy (non-hydrogen) atoms. The second-order valence-electron chi connectivity index (χ2n) is 6.05. The van der Waals surface area contributed by atoms with Crippen molar-refractivity contribution in [2.24, 2.45) is 0 Å². The van der Waals surface area contributed by atoms with Crippen LogP contribution in [0.5, 0.6) is 5.75 Å². The molecule has 8 heteroatoms. The SMILES string of the molecule is COc1cccc(N(CC(=O)Nc2ccccc2F)S(=O)(=O)c2ccccc2)c1. The minimum absolute atomic E-state index is 0.0276. The van der Waals surface area contributed by atoms with Crippen molar-refractivity contribution < 1.29 is 22.3 Å². The van der Waals surface area contributed by atoms with Crippen molar-refractivity contribution in [2.45, 2.75) is 4.90 Å². The van der Waals surface area contributed by atoms with Gasteiger partial charge < -0.3 is 10.1 Å². The van der Waals surface area contributed by atoms with Crippen LogP contribution in [0.2, 0.25) is 0 Å². The van der Waals surface area contributed by atoms with E-state index in [0.29, 0.717) is 5.75 Å². The summed E-state index contributed by atoms with van der Waals surface area (Å²) in [6.45, 7) is -0.543. The smallest absolute Gasteiger partial charge is 0.264 e. The van der Waals surface area contributed by atoms with Crippen LogP contribution in [-0.4, -0.2) is 28.0 Å². The highest BCUT2D eigenvalue weighted by Gasteiger charge is 2.27. The maximum absolute atomic E-state index is 13.8. The Kier molecular flexibility index (Phi) is 6.13. The van der Waals surface area contributed by atoms with Gasteiger partial charge in [0.05, 0.1) is 23.4 Å². The zero-order chi connectivity index (χ0) is 20.9. The number of hydrogen-bond acceptors (Lipinski definition) is 4. The number of methoxy groups -OCH3 is 1. The number of rotatable bonds is 7. The molecule has 3 rings (SSSR count). The number of carbonyl (C=O) groups excluding carboxylic acids is 1. The molecule has 0 bridgehead atoms. The molecule has 0 unspecified atom stereocenters. The first-order valence-electron chi connectivity index (χ1n) is 8.68. The molecule has 3 aromatic carbocycles. The summed E-state index contributed by atoms with van der Waals surface area (Å²) in [6, 6.07) is 19.8. The first kappa shape index (κ1) is 20.3. The minimum Gasteiger partial charge on any atom is -0.497 e. The van der Waals surface area contributed by atoms with Crippen LogP contribution in [0.4, 0.5) is 15.8 Å². The molecule has 0 atom stereocenters. The Hall–Kier alpha value is -3.39. The molecule has 0 spiro atoms. The number of amides is 1. The number of sulfonamides is 1. The lowest BCUT2D eigenvalue weighted by molar-refractivity contribution is -0.114. The van der Waals surface area contributed by atoms with Gasteiger partial charge >= 0.3 is 0 Å². The number of hydrogen-bond donors (Lipinski definition) is 1. The molecule has 0 fully saturated rings. The molecule has 0 saturated heterocycles. The van der Waals surface area contributed by atoms with Gasteiger partial charge in [-0.25, -0.2) is 12.8 Å². The number of benzene rings is 3. The van der Waals surface area contributed by atoms with E-state index >= 15 is 0 Å². The Bertz CT molecular complexity index is 1100. The number of para-hydroxylation sites is 1. The van der Waals surface area contributed by atoms with Gasteiger partial charge in [0, 0.05) is 6.07 Å². The largest absolute Gasteiger partial charge is 0.497 e. The molecule has 150 valence electrons. The van der Waals surface area contributed by atoms with Crippen molar-refractivity contribution in [1.82, 2.24) is 0 Å². The summed E-state index contributed by atoms with van der Waals surface area (Å²) in [5.41, 5.74) is 0.220. The lowest BCUT2D eigenvalue weighted by Gasteiger charge is -2.24. The maximum atomic E-state index is 13.8. The van der Waals surface area contributed by atoms with Crippen molar-refractivity contribution in [2.75, 3.05) is 23.3 Å². The summed E-state index contributed by atoms with van der Waals surface area (Å²) in [7, 11) is -2.60. The zero-order valence-electron chi connectivity index (χ0n) is 15.6. The van der Waals surface area contributed by atoms with Gasteiger partial charge in [0.15, 0.2) is 0 Å². The van der Waals surface area contributed by atoms with E-state index in [2.05, 4.69) is 5.32 Å². The predicted molar refractivity (Wildman–Crippen MR) is 109 cm³/mol. The zero-order valence-corrected chi connectivity index (χ0v) is 16.4. The van der Waals surface area contributed by atoms with Gasteiger partial charge in [0.1, 0.15) is 18.1 Å². The van der Waals surface area contributed by atoms with Crippen LogP contribution in [0, 0.1) is 5.82 Å². The monoisotopic (exact) mass is 414 g/mol. The minimum atomic E-state index is -4.05. The highest BCUT2D eigenvalue weighted by molar-refractivity contribution is 7.92. The van der Waals surface area contributed by atoms with E-state index in [1.165, 1.54) is 43.5 Å². The van der Waals surface area contributed by atoms with Gasteiger partial charge in [0.25, 0.3) is 10.0 Å². The first-order chi connectivity index (χ1) is 13.9. The van der Waals surface area contributed by atoms with Crippen molar-refractivity contribution >= 4 is 27.3 Å². The summed E-state index contributed by atoms with van der Waals surface area (Å²) in [4.78, 5) is 12.6. The quantitative estimate of drug-likeness (QED) is 0.640. The summed E-state index contributed by atoms with van der Waals surface area (Å²) < 4.78 is 46.4. The summed E-state index contributed by atoms with van der Waals surface area (Å²) >= 11 is 0. The average Bonchev–Trinajstić information content (AvgIpc) is 2.74. The lowest BCUT2D eigenvalue weighted by Crippen LogP contribution is -2.38. The van der Waals surface area contributed by atoms with Crippen molar-refractivity contribution in [3.63, 3.8) is 0 Å². The third kappa shape index (κ3) is 4.72. The van der Waals surface area contributed by atoms with E-state index in [1.54, 1.807) is 42.5 Å². The molecule has 0 aliphatic heterocycles. The molecular weight excluding hydrogens is 395 g/mol. The molecule has 1 amide bonds. The summed E-state index contributed by atoms with van der Waals surface area (Å²) in [5, 5.41) is 2.41. The molecule has 0 heterocycles. The van der Waals surface area contributed by atoms with Crippen LogP contribution in [0.25, 0.3) is 0 Å². The van der Waals surface area contributed by atoms with Gasteiger partial charge in [-0.3, -0.25) is 9.10 Å². The standard InChI is InChI=1S/C21H19FN2O4S/c1-28-17-9-7-8-16(14-17)24(29(26,27)18-10-3-2-4-11-18)15-21(25)23-20-13-6-5-12-19(20)22/h2-14H,15H2,1H3,(H,23,25). The van der Waals surface area contributed by atoms with Crippen molar-refractivity contribution in [3.8, 4) is 5.75 Å². The Morgan fingerprint density at radius 2 is 1.69 bits per heavy atom. The van der Waals surface area contributed by atoms with E-state index in [4.69, 9.17) is 4.74 Å². The van der Waals surface area contributed by atoms with Gasteiger partial charge in [-0.15, -0.1) is 0 Å². The molecule has 0 aliphatic rings. The van der Waals surface area contributed by atoms with Crippen molar-refractivity contribution in [3.05, 3.63) is 84.7 Å². The second kappa shape index (κ2) is 8.74. The third-order valence-corrected chi connectivity index (χ3v) is 5.90. The van der Waals surface area contributed by atoms with E-state index in [1.807, 2.05) is 0 Å². The number of nitrogens with one attached hydrogen (secondary N) is 1. The lowest BCUT2D eigenvalue weighted by atomic mass is 10.3. The van der Waals surface area contributed by atoms with Crippen LogP contribution in [0.15, 0.2) is 83.8 Å².